The molecule has 18 heavy (non-hydrogen) atoms. The third-order valence-corrected chi connectivity index (χ3v) is 4.06. The lowest BCUT2D eigenvalue weighted by Gasteiger charge is -2.38. The van der Waals surface area contributed by atoms with Gasteiger partial charge in [-0.3, -0.25) is 4.79 Å². The zero-order chi connectivity index (χ0) is 14.4. The Kier molecular flexibility index (Phi) is 6.90. The van der Waals surface area contributed by atoms with Gasteiger partial charge in [-0.2, -0.15) is 0 Å². The number of rotatable bonds is 8. The van der Waals surface area contributed by atoms with Gasteiger partial charge in [0, 0.05) is 11.6 Å². The molecule has 0 saturated carbocycles. The fourth-order valence-corrected chi connectivity index (χ4v) is 1.75. The number of nitrogens with one attached hydrogen (secondary N) is 1. The first kappa shape index (κ1) is 17.4. The molecule has 0 aliphatic heterocycles. The Morgan fingerprint density at radius 1 is 1.11 bits per heavy atom. The maximum Gasteiger partial charge on any atom is 0.227 e. The molecule has 0 aromatic heterocycles. The summed E-state index contributed by atoms with van der Waals surface area (Å²) in [5.41, 5.74) is 5.04. The van der Waals surface area contributed by atoms with E-state index in [2.05, 4.69) is 19.2 Å². The van der Waals surface area contributed by atoms with E-state index in [9.17, 15) is 4.79 Å². The first-order valence-corrected chi connectivity index (χ1v) is 7.26. The summed E-state index contributed by atoms with van der Waals surface area (Å²) >= 11 is 0. The quantitative estimate of drug-likeness (QED) is 0.700. The SMILES string of the molecule is CCCCC(CCC)NC(=O)C(C)(C)C(C)(C)N. The largest absolute Gasteiger partial charge is 0.353 e. The molecule has 0 saturated heterocycles. The molecule has 0 aliphatic rings. The molecule has 0 radical (unpaired) electrons. The maximum atomic E-state index is 12.4. The Labute approximate surface area is 113 Å². The van der Waals surface area contributed by atoms with Crippen LogP contribution in [0.25, 0.3) is 0 Å². The molecule has 3 nitrogen and oxygen atoms in total. The first-order chi connectivity index (χ1) is 8.16. The fraction of sp³-hybridized carbons (Fsp3) is 0.933. The van der Waals surface area contributed by atoms with Crippen molar-refractivity contribution in [3.05, 3.63) is 0 Å². The van der Waals surface area contributed by atoms with Crippen molar-refractivity contribution in [2.75, 3.05) is 0 Å². The highest BCUT2D eigenvalue weighted by Gasteiger charge is 2.40. The number of carbonyl (C=O) groups excluding carboxylic acids is 1. The van der Waals surface area contributed by atoms with E-state index >= 15 is 0 Å². The zero-order valence-corrected chi connectivity index (χ0v) is 13.1. The lowest BCUT2D eigenvalue weighted by Crippen LogP contribution is -2.57. The van der Waals surface area contributed by atoms with Crippen LogP contribution in [0.3, 0.4) is 0 Å². The second kappa shape index (κ2) is 7.13. The van der Waals surface area contributed by atoms with Gasteiger partial charge in [0.15, 0.2) is 0 Å². The third-order valence-electron chi connectivity index (χ3n) is 4.06. The van der Waals surface area contributed by atoms with Crippen LogP contribution in [0.4, 0.5) is 0 Å². The molecule has 0 aromatic rings. The van der Waals surface area contributed by atoms with Crippen molar-refractivity contribution >= 4 is 5.91 Å². The van der Waals surface area contributed by atoms with Gasteiger partial charge < -0.3 is 11.1 Å². The van der Waals surface area contributed by atoms with Gasteiger partial charge in [0.1, 0.15) is 0 Å². The van der Waals surface area contributed by atoms with Crippen LogP contribution in [0.5, 0.6) is 0 Å². The summed E-state index contributed by atoms with van der Waals surface area (Å²) in [7, 11) is 0. The summed E-state index contributed by atoms with van der Waals surface area (Å²) < 4.78 is 0. The molecule has 0 aliphatic carbocycles. The van der Waals surface area contributed by atoms with Crippen molar-refractivity contribution < 1.29 is 4.79 Å². The Bertz CT molecular complexity index is 254. The molecule has 0 rings (SSSR count). The monoisotopic (exact) mass is 256 g/mol. The molecule has 0 aromatic carbocycles. The van der Waals surface area contributed by atoms with Gasteiger partial charge in [-0.15, -0.1) is 0 Å². The predicted octanol–water partition coefficient (Wildman–Crippen LogP) is 3.23. The van der Waals surface area contributed by atoms with Gasteiger partial charge in [-0.05, 0) is 40.5 Å². The molecular weight excluding hydrogens is 224 g/mol. The summed E-state index contributed by atoms with van der Waals surface area (Å²) in [6.45, 7) is 12.0. The molecule has 0 fully saturated rings. The van der Waals surface area contributed by atoms with E-state index in [1.807, 2.05) is 27.7 Å². The van der Waals surface area contributed by atoms with Crippen molar-refractivity contribution in [3.8, 4) is 0 Å². The summed E-state index contributed by atoms with van der Waals surface area (Å²) in [6.07, 6.45) is 5.55. The second-order valence-electron chi connectivity index (χ2n) is 6.45. The minimum absolute atomic E-state index is 0.0737. The van der Waals surface area contributed by atoms with Crippen LogP contribution >= 0.6 is 0 Å². The van der Waals surface area contributed by atoms with Gasteiger partial charge >= 0.3 is 0 Å². The number of amides is 1. The van der Waals surface area contributed by atoms with E-state index in [0.29, 0.717) is 6.04 Å². The summed E-state index contributed by atoms with van der Waals surface area (Å²) in [6, 6.07) is 0.295. The second-order valence-corrected chi connectivity index (χ2v) is 6.45. The van der Waals surface area contributed by atoms with Crippen molar-refractivity contribution in [2.45, 2.75) is 85.2 Å². The van der Waals surface area contributed by atoms with E-state index in [-0.39, 0.29) is 5.91 Å². The Morgan fingerprint density at radius 2 is 1.67 bits per heavy atom. The maximum absolute atomic E-state index is 12.4. The molecule has 1 unspecified atom stereocenters. The number of hydrogen-bond donors (Lipinski definition) is 2. The van der Waals surface area contributed by atoms with Gasteiger partial charge in [-0.1, -0.05) is 33.1 Å². The molecule has 3 heteroatoms. The van der Waals surface area contributed by atoms with Gasteiger partial charge in [0.05, 0.1) is 5.41 Å². The highest BCUT2D eigenvalue weighted by atomic mass is 16.2. The van der Waals surface area contributed by atoms with E-state index in [0.717, 1.165) is 25.7 Å². The molecule has 1 amide bonds. The van der Waals surface area contributed by atoms with Crippen LogP contribution in [0, 0.1) is 5.41 Å². The van der Waals surface area contributed by atoms with E-state index < -0.39 is 11.0 Å². The minimum Gasteiger partial charge on any atom is -0.353 e. The molecule has 3 N–H and O–H groups in total. The molecule has 108 valence electrons. The normalized spacial score (nSPS) is 14.4. The number of unbranched alkanes of at least 4 members (excludes halogenated alkanes) is 1. The summed E-state index contributed by atoms with van der Waals surface area (Å²) in [5, 5.41) is 3.18. The average Bonchev–Trinajstić information content (AvgIpc) is 2.24. The topological polar surface area (TPSA) is 55.1 Å². The molecule has 0 bridgehead atoms. The van der Waals surface area contributed by atoms with Crippen LogP contribution in [0.2, 0.25) is 0 Å². The Balaban J connectivity index is 4.58. The van der Waals surface area contributed by atoms with Crippen molar-refractivity contribution in [1.82, 2.24) is 5.32 Å². The minimum atomic E-state index is -0.550. The van der Waals surface area contributed by atoms with Gasteiger partial charge in [0.25, 0.3) is 0 Å². The highest BCUT2D eigenvalue weighted by Crippen LogP contribution is 2.28. The predicted molar refractivity (Wildman–Crippen MR) is 78.4 cm³/mol. The van der Waals surface area contributed by atoms with Crippen molar-refractivity contribution in [1.29, 1.82) is 0 Å². The number of carbonyl (C=O) groups is 1. The highest BCUT2D eigenvalue weighted by molar-refractivity contribution is 5.83. The zero-order valence-electron chi connectivity index (χ0n) is 13.1. The Morgan fingerprint density at radius 3 is 2.06 bits per heavy atom. The average molecular weight is 256 g/mol. The van der Waals surface area contributed by atoms with Crippen LogP contribution in [-0.2, 0) is 4.79 Å². The van der Waals surface area contributed by atoms with E-state index in [1.54, 1.807) is 0 Å². The molecule has 0 heterocycles. The third kappa shape index (κ3) is 4.97. The van der Waals surface area contributed by atoms with E-state index in [1.165, 1.54) is 6.42 Å². The fourth-order valence-electron chi connectivity index (χ4n) is 1.75. The van der Waals surface area contributed by atoms with Gasteiger partial charge in [-0.25, -0.2) is 0 Å². The summed E-state index contributed by atoms with van der Waals surface area (Å²) in [4.78, 5) is 12.4. The van der Waals surface area contributed by atoms with Crippen LogP contribution in [0.15, 0.2) is 0 Å². The van der Waals surface area contributed by atoms with E-state index in [4.69, 9.17) is 5.73 Å². The van der Waals surface area contributed by atoms with Crippen LogP contribution < -0.4 is 11.1 Å². The number of nitrogens with two attached hydrogens (primary N) is 1. The number of hydrogen-bond acceptors (Lipinski definition) is 2. The van der Waals surface area contributed by atoms with Gasteiger partial charge in [0.2, 0.25) is 5.91 Å². The smallest absolute Gasteiger partial charge is 0.227 e. The first-order valence-electron chi connectivity index (χ1n) is 7.26. The molecular formula is C15H32N2O. The van der Waals surface area contributed by atoms with Crippen LogP contribution in [0.1, 0.15) is 73.6 Å². The standard InChI is InChI=1S/C15H32N2O/c1-7-9-11-12(10-8-2)17-13(18)14(3,4)15(5,6)16/h12H,7-11,16H2,1-6H3,(H,17,18). The molecule has 1 atom stereocenters. The summed E-state index contributed by atoms with van der Waals surface area (Å²) in [5.74, 6) is 0.0737. The van der Waals surface area contributed by atoms with Crippen molar-refractivity contribution in [2.24, 2.45) is 11.1 Å². The van der Waals surface area contributed by atoms with Crippen LogP contribution in [-0.4, -0.2) is 17.5 Å². The lowest BCUT2D eigenvalue weighted by molar-refractivity contribution is -0.133. The van der Waals surface area contributed by atoms with Crippen molar-refractivity contribution in [3.63, 3.8) is 0 Å². The lowest BCUT2D eigenvalue weighted by atomic mass is 9.74. The Hall–Kier alpha value is -0.570. The molecule has 0 spiro atoms.